The van der Waals surface area contributed by atoms with Crippen molar-refractivity contribution < 1.29 is 9.21 Å². The third-order valence-electron chi connectivity index (χ3n) is 1.63. The van der Waals surface area contributed by atoms with Gasteiger partial charge in [0.25, 0.3) is 0 Å². The first-order chi connectivity index (χ1) is 6.63. The number of nitrogens with zero attached hydrogens (tertiary/aromatic N) is 2. The summed E-state index contributed by atoms with van der Waals surface area (Å²) < 4.78 is 5.22. The molecule has 5 nitrogen and oxygen atoms in total. The average molecular weight is 193 g/mol. The fourth-order valence-corrected chi connectivity index (χ4v) is 0.998. The topological polar surface area (TPSA) is 78.9 Å². The van der Waals surface area contributed by atoms with Crippen LogP contribution in [0.4, 0.5) is 0 Å². The third-order valence-corrected chi connectivity index (χ3v) is 1.63. The van der Waals surface area contributed by atoms with Crippen molar-refractivity contribution in [3.05, 3.63) is 17.8 Å². The lowest BCUT2D eigenvalue weighted by atomic mass is 10.3. The number of rotatable bonds is 3. The maximum absolute atomic E-state index is 11.0. The minimum atomic E-state index is -0.323. The molecule has 1 unspecified atom stereocenters. The lowest BCUT2D eigenvalue weighted by Gasteiger charge is -2.07. The van der Waals surface area contributed by atoms with Crippen molar-refractivity contribution in [2.45, 2.75) is 26.3 Å². The van der Waals surface area contributed by atoms with Gasteiger partial charge in [-0.3, -0.25) is 4.79 Å². The summed E-state index contributed by atoms with van der Waals surface area (Å²) >= 11 is 0. The van der Waals surface area contributed by atoms with Crippen LogP contribution in [0.25, 0.3) is 0 Å². The Balaban J connectivity index is 2.55. The molecule has 0 aliphatic carbocycles. The molecule has 14 heavy (non-hydrogen) atoms. The predicted octanol–water partition coefficient (Wildman–Crippen LogP) is 1.07. The molecule has 0 aromatic carbocycles. The molecule has 1 aromatic heterocycles. The lowest BCUT2D eigenvalue weighted by Crippen LogP contribution is -2.26. The van der Waals surface area contributed by atoms with Crippen LogP contribution >= 0.6 is 0 Å². The second-order valence-electron chi connectivity index (χ2n) is 2.93. The SMILES string of the molecule is Cc1cnc(C(C)NC(=O)CC#N)o1. The molecule has 1 N–H and O–H groups in total. The van der Waals surface area contributed by atoms with Crippen molar-refractivity contribution >= 4 is 5.91 Å². The first-order valence-electron chi connectivity index (χ1n) is 4.22. The minimum absolute atomic E-state index is 0.149. The summed E-state index contributed by atoms with van der Waals surface area (Å²) in [5.74, 6) is 0.825. The van der Waals surface area contributed by atoms with Gasteiger partial charge in [-0.05, 0) is 13.8 Å². The van der Waals surface area contributed by atoms with E-state index < -0.39 is 0 Å². The summed E-state index contributed by atoms with van der Waals surface area (Å²) in [6.07, 6.45) is 1.44. The molecule has 1 heterocycles. The van der Waals surface area contributed by atoms with E-state index in [2.05, 4.69) is 10.3 Å². The van der Waals surface area contributed by atoms with Crippen molar-refractivity contribution in [1.82, 2.24) is 10.3 Å². The second kappa shape index (κ2) is 4.42. The van der Waals surface area contributed by atoms with Gasteiger partial charge in [-0.25, -0.2) is 4.98 Å². The molecule has 0 spiro atoms. The lowest BCUT2D eigenvalue weighted by molar-refractivity contribution is -0.120. The maximum Gasteiger partial charge on any atom is 0.234 e. The van der Waals surface area contributed by atoms with Gasteiger partial charge in [0.1, 0.15) is 18.2 Å². The highest BCUT2D eigenvalue weighted by Gasteiger charge is 2.13. The molecular formula is C9H11N3O2. The number of carbonyl (C=O) groups is 1. The highest BCUT2D eigenvalue weighted by molar-refractivity contribution is 5.78. The van der Waals surface area contributed by atoms with E-state index in [1.54, 1.807) is 26.1 Å². The number of carbonyl (C=O) groups excluding carboxylic acids is 1. The largest absolute Gasteiger partial charge is 0.444 e. The third kappa shape index (κ3) is 2.59. The van der Waals surface area contributed by atoms with Crippen molar-refractivity contribution in [2.75, 3.05) is 0 Å². The molecule has 5 heteroatoms. The zero-order chi connectivity index (χ0) is 10.6. The zero-order valence-corrected chi connectivity index (χ0v) is 8.07. The average Bonchev–Trinajstić information content (AvgIpc) is 2.52. The van der Waals surface area contributed by atoms with Crippen LogP contribution in [0.2, 0.25) is 0 Å². The van der Waals surface area contributed by atoms with E-state index in [1.165, 1.54) is 0 Å². The Kier molecular flexibility index (Phi) is 3.24. The van der Waals surface area contributed by atoms with Gasteiger partial charge in [0, 0.05) is 0 Å². The molecule has 1 aromatic rings. The molecule has 0 bridgehead atoms. The Morgan fingerprint density at radius 2 is 2.57 bits per heavy atom. The second-order valence-corrected chi connectivity index (χ2v) is 2.93. The highest BCUT2D eigenvalue weighted by atomic mass is 16.4. The zero-order valence-electron chi connectivity index (χ0n) is 8.07. The van der Waals surface area contributed by atoms with E-state index in [-0.39, 0.29) is 18.4 Å². The van der Waals surface area contributed by atoms with Gasteiger partial charge in [-0.1, -0.05) is 0 Å². The van der Waals surface area contributed by atoms with Gasteiger partial charge >= 0.3 is 0 Å². The van der Waals surface area contributed by atoms with Crippen LogP contribution in [0.5, 0.6) is 0 Å². The first kappa shape index (κ1) is 10.3. The minimum Gasteiger partial charge on any atom is -0.444 e. The van der Waals surface area contributed by atoms with Gasteiger partial charge in [0.2, 0.25) is 11.8 Å². The molecule has 1 amide bonds. The van der Waals surface area contributed by atoms with Gasteiger partial charge in [-0.15, -0.1) is 0 Å². The van der Waals surface area contributed by atoms with Crippen molar-refractivity contribution in [3.63, 3.8) is 0 Å². The number of hydrogen-bond acceptors (Lipinski definition) is 4. The Morgan fingerprint density at radius 1 is 1.86 bits per heavy atom. The molecule has 0 fully saturated rings. The van der Waals surface area contributed by atoms with E-state index in [0.29, 0.717) is 11.7 Å². The number of amides is 1. The summed E-state index contributed by atoms with van der Waals surface area (Å²) in [5.41, 5.74) is 0. The highest BCUT2D eigenvalue weighted by Crippen LogP contribution is 2.11. The monoisotopic (exact) mass is 193 g/mol. The van der Waals surface area contributed by atoms with E-state index in [9.17, 15) is 4.79 Å². The van der Waals surface area contributed by atoms with E-state index >= 15 is 0 Å². The van der Waals surface area contributed by atoms with Crippen LogP contribution in [0.3, 0.4) is 0 Å². The molecular weight excluding hydrogens is 182 g/mol. The van der Waals surface area contributed by atoms with Gasteiger partial charge in [-0.2, -0.15) is 5.26 Å². The quantitative estimate of drug-likeness (QED) is 0.778. The smallest absolute Gasteiger partial charge is 0.234 e. The number of nitrogens with one attached hydrogen (secondary N) is 1. The molecule has 0 saturated heterocycles. The van der Waals surface area contributed by atoms with E-state index in [1.807, 2.05) is 0 Å². The molecule has 74 valence electrons. The number of aryl methyl sites for hydroxylation is 1. The maximum atomic E-state index is 11.0. The van der Waals surface area contributed by atoms with Gasteiger partial charge < -0.3 is 9.73 Å². The van der Waals surface area contributed by atoms with Crippen LogP contribution in [0.15, 0.2) is 10.6 Å². The van der Waals surface area contributed by atoms with Crippen LogP contribution in [0, 0.1) is 18.3 Å². The van der Waals surface area contributed by atoms with E-state index in [0.717, 1.165) is 0 Å². The van der Waals surface area contributed by atoms with Crippen LogP contribution < -0.4 is 5.32 Å². The Hall–Kier alpha value is -1.83. The Bertz CT molecular complexity index is 364. The van der Waals surface area contributed by atoms with Crippen molar-refractivity contribution in [2.24, 2.45) is 0 Å². The fourth-order valence-electron chi connectivity index (χ4n) is 0.998. The summed E-state index contributed by atoms with van der Waals surface area (Å²) in [5, 5.41) is 10.9. The van der Waals surface area contributed by atoms with Crippen molar-refractivity contribution in [3.8, 4) is 6.07 Å². The van der Waals surface area contributed by atoms with Crippen LogP contribution in [0.1, 0.15) is 31.0 Å². The molecule has 0 aliphatic heterocycles. The van der Waals surface area contributed by atoms with Crippen molar-refractivity contribution in [1.29, 1.82) is 5.26 Å². The Labute approximate surface area is 81.7 Å². The molecule has 1 atom stereocenters. The molecule has 0 radical (unpaired) electrons. The first-order valence-corrected chi connectivity index (χ1v) is 4.22. The summed E-state index contributed by atoms with van der Waals surface area (Å²) in [7, 11) is 0. The standard InChI is InChI=1S/C9H11N3O2/c1-6-5-11-9(14-6)7(2)12-8(13)3-4-10/h5,7H,3H2,1-2H3,(H,12,13). The Morgan fingerprint density at radius 3 is 3.07 bits per heavy atom. The normalized spacial score (nSPS) is 11.8. The predicted molar refractivity (Wildman–Crippen MR) is 48.0 cm³/mol. The summed E-state index contributed by atoms with van der Waals surface area (Å²) in [6, 6.07) is 1.47. The fraction of sp³-hybridized carbons (Fsp3) is 0.444. The number of nitriles is 1. The van der Waals surface area contributed by atoms with Crippen LogP contribution in [-0.2, 0) is 4.79 Å². The van der Waals surface area contributed by atoms with Crippen LogP contribution in [-0.4, -0.2) is 10.9 Å². The summed E-state index contributed by atoms with van der Waals surface area (Å²) in [4.78, 5) is 15.0. The van der Waals surface area contributed by atoms with E-state index in [4.69, 9.17) is 9.68 Å². The number of aromatic nitrogens is 1. The summed E-state index contributed by atoms with van der Waals surface area (Å²) in [6.45, 7) is 3.53. The van der Waals surface area contributed by atoms with Gasteiger partial charge in [0.15, 0.2) is 0 Å². The van der Waals surface area contributed by atoms with Gasteiger partial charge in [0.05, 0.1) is 12.3 Å². The molecule has 0 saturated carbocycles. The molecule has 1 rings (SSSR count). The number of hydrogen-bond donors (Lipinski definition) is 1. The molecule has 0 aliphatic rings. The number of oxazole rings is 1.